The lowest BCUT2D eigenvalue weighted by atomic mass is 10.1. The minimum absolute atomic E-state index is 0.0765. The number of amides is 2. The molecule has 2 amide bonds. The van der Waals surface area contributed by atoms with Gasteiger partial charge in [-0.15, -0.1) is 0 Å². The van der Waals surface area contributed by atoms with Gasteiger partial charge >= 0.3 is 0 Å². The third-order valence-electron chi connectivity index (χ3n) is 2.95. The molecule has 1 fully saturated rings. The molecule has 4 nitrogen and oxygen atoms in total. The van der Waals surface area contributed by atoms with Gasteiger partial charge in [-0.25, -0.2) is 0 Å². The first-order valence-electron chi connectivity index (χ1n) is 5.84. The van der Waals surface area contributed by atoms with Crippen LogP contribution < -0.4 is 10.2 Å². The van der Waals surface area contributed by atoms with Gasteiger partial charge in [-0.1, -0.05) is 6.07 Å². The van der Waals surface area contributed by atoms with Crippen LogP contribution in [0.15, 0.2) is 18.2 Å². The maximum absolute atomic E-state index is 11.8. The maximum Gasteiger partial charge on any atom is 0.228 e. The van der Waals surface area contributed by atoms with Crippen molar-refractivity contribution in [1.29, 1.82) is 0 Å². The lowest BCUT2D eigenvalue weighted by molar-refractivity contribution is -0.117. The average Bonchev–Trinajstić information content (AvgIpc) is 2.60. The summed E-state index contributed by atoms with van der Waals surface area (Å²) in [6.45, 7) is 4.00. The van der Waals surface area contributed by atoms with E-state index in [0.717, 1.165) is 16.9 Å². The van der Waals surface area contributed by atoms with Crippen LogP contribution >= 0.6 is 12.6 Å². The normalized spacial score (nSPS) is 19.2. The lowest BCUT2D eigenvalue weighted by Gasteiger charge is -2.18. The zero-order valence-electron chi connectivity index (χ0n) is 10.4. The number of hydrogen-bond donors (Lipinski definition) is 2. The van der Waals surface area contributed by atoms with Crippen LogP contribution in [0.1, 0.15) is 18.9 Å². The van der Waals surface area contributed by atoms with Gasteiger partial charge in [0.05, 0.1) is 0 Å². The summed E-state index contributed by atoms with van der Waals surface area (Å²) < 4.78 is 0. The Morgan fingerprint density at radius 3 is 2.78 bits per heavy atom. The zero-order chi connectivity index (χ0) is 13.3. The molecule has 1 saturated heterocycles. The highest BCUT2D eigenvalue weighted by Gasteiger charge is 2.28. The van der Waals surface area contributed by atoms with Crippen LogP contribution in [0.2, 0.25) is 0 Å². The smallest absolute Gasteiger partial charge is 0.228 e. The van der Waals surface area contributed by atoms with Crippen molar-refractivity contribution in [2.24, 2.45) is 0 Å². The van der Waals surface area contributed by atoms with E-state index in [-0.39, 0.29) is 17.1 Å². The van der Waals surface area contributed by atoms with Gasteiger partial charge in [-0.3, -0.25) is 9.59 Å². The standard InChI is InChI=1S/C13H16N2O2S/c1-8-3-4-10(5-12(8)14-9(2)16)15-7-11(18)6-13(15)17/h3-5,11,18H,6-7H2,1-2H3,(H,14,16). The number of carbonyl (C=O) groups is 2. The minimum Gasteiger partial charge on any atom is -0.326 e. The Kier molecular flexibility index (Phi) is 3.61. The highest BCUT2D eigenvalue weighted by molar-refractivity contribution is 7.81. The molecular formula is C13H16N2O2S. The predicted octanol–water partition coefficient (Wildman–Crippen LogP) is 1.99. The van der Waals surface area contributed by atoms with Crippen molar-refractivity contribution in [2.45, 2.75) is 25.5 Å². The Morgan fingerprint density at radius 1 is 1.50 bits per heavy atom. The molecule has 0 aliphatic carbocycles. The van der Waals surface area contributed by atoms with Gasteiger partial charge in [-0.2, -0.15) is 12.6 Å². The summed E-state index contributed by atoms with van der Waals surface area (Å²) in [5, 5.41) is 2.85. The number of aryl methyl sites for hydroxylation is 1. The molecule has 5 heteroatoms. The van der Waals surface area contributed by atoms with Gasteiger partial charge in [0.25, 0.3) is 0 Å². The van der Waals surface area contributed by atoms with E-state index in [1.807, 2.05) is 25.1 Å². The number of carbonyl (C=O) groups excluding carboxylic acids is 2. The van der Waals surface area contributed by atoms with Crippen LogP contribution in [0.4, 0.5) is 11.4 Å². The Hall–Kier alpha value is -1.49. The molecule has 0 spiro atoms. The molecule has 1 atom stereocenters. The molecule has 1 aliphatic rings. The van der Waals surface area contributed by atoms with Gasteiger partial charge in [0.2, 0.25) is 11.8 Å². The van der Waals surface area contributed by atoms with Crippen molar-refractivity contribution in [1.82, 2.24) is 0 Å². The second-order valence-electron chi connectivity index (χ2n) is 4.54. The molecule has 0 saturated carbocycles. The molecule has 0 radical (unpaired) electrons. The molecule has 1 N–H and O–H groups in total. The number of hydrogen-bond acceptors (Lipinski definition) is 3. The molecule has 96 valence electrons. The van der Waals surface area contributed by atoms with Crippen LogP contribution in [0.3, 0.4) is 0 Å². The SMILES string of the molecule is CC(=O)Nc1cc(N2CC(S)CC2=O)ccc1C. The van der Waals surface area contributed by atoms with E-state index >= 15 is 0 Å². The molecule has 18 heavy (non-hydrogen) atoms. The first-order chi connectivity index (χ1) is 8.47. The van der Waals surface area contributed by atoms with E-state index in [2.05, 4.69) is 17.9 Å². The van der Waals surface area contributed by atoms with E-state index in [0.29, 0.717) is 13.0 Å². The number of rotatable bonds is 2. The third kappa shape index (κ3) is 2.67. The van der Waals surface area contributed by atoms with Crippen molar-refractivity contribution in [3.63, 3.8) is 0 Å². The summed E-state index contributed by atoms with van der Waals surface area (Å²) in [4.78, 5) is 24.6. The number of nitrogens with one attached hydrogen (secondary N) is 1. The zero-order valence-corrected chi connectivity index (χ0v) is 11.3. The van der Waals surface area contributed by atoms with Gasteiger partial charge < -0.3 is 10.2 Å². The molecule has 1 heterocycles. The second kappa shape index (κ2) is 5.02. The van der Waals surface area contributed by atoms with Crippen LogP contribution in [0.25, 0.3) is 0 Å². The summed E-state index contributed by atoms with van der Waals surface area (Å²) >= 11 is 4.33. The maximum atomic E-state index is 11.8. The molecule has 1 aromatic carbocycles. The first-order valence-corrected chi connectivity index (χ1v) is 6.35. The number of thiol groups is 1. The quantitative estimate of drug-likeness (QED) is 0.803. The summed E-state index contributed by atoms with van der Waals surface area (Å²) in [5.74, 6) is -0.0392. The van der Waals surface area contributed by atoms with Gasteiger partial charge in [0.15, 0.2) is 0 Å². The molecule has 0 bridgehead atoms. The number of nitrogens with zero attached hydrogens (tertiary/aromatic N) is 1. The number of benzene rings is 1. The largest absolute Gasteiger partial charge is 0.326 e. The summed E-state index contributed by atoms with van der Waals surface area (Å²) in [6.07, 6.45) is 0.465. The Bertz CT molecular complexity index is 502. The molecule has 1 unspecified atom stereocenters. The summed E-state index contributed by atoms with van der Waals surface area (Å²) in [7, 11) is 0. The fraction of sp³-hybridized carbons (Fsp3) is 0.385. The average molecular weight is 264 g/mol. The van der Waals surface area contributed by atoms with Gasteiger partial charge in [0, 0.05) is 36.5 Å². The van der Waals surface area contributed by atoms with Crippen molar-refractivity contribution >= 4 is 35.8 Å². The second-order valence-corrected chi connectivity index (χ2v) is 5.27. The van der Waals surface area contributed by atoms with Crippen LogP contribution in [0.5, 0.6) is 0 Å². The van der Waals surface area contributed by atoms with Gasteiger partial charge in [0.1, 0.15) is 0 Å². The molecule has 2 rings (SSSR count). The topological polar surface area (TPSA) is 49.4 Å². The summed E-state index contributed by atoms with van der Waals surface area (Å²) in [5.41, 5.74) is 2.53. The van der Waals surface area contributed by atoms with Crippen LogP contribution in [-0.4, -0.2) is 23.6 Å². The van der Waals surface area contributed by atoms with E-state index in [1.165, 1.54) is 6.92 Å². The van der Waals surface area contributed by atoms with E-state index in [1.54, 1.807) is 4.90 Å². The van der Waals surface area contributed by atoms with E-state index < -0.39 is 0 Å². The molecule has 0 aromatic heterocycles. The van der Waals surface area contributed by atoms with Crippen molar-refractivity contribution in [3.05, 3.63) is 23.8 Å². The molecule has 1 aliphatic heterocycles. The third-order valence-corrected chi connectivity index (χ3v) is 3.29. The summed E-state index contributed by atoms with van der Waals surface area (Å²) in [6, 6.07) is 5.63. The van der Waals surface area contributed by atoms with Crippen LogP contribution in [0, 0.1) is 6.92 Å². The fourth-order valence-corrected chi connectivity index (χ4v) is 2.36. The monoisotopic (exact) mass is 264 g/mol. The van der Waals surface area contributed by atoms with Crippen molar-refractivity contribution in [2.75, 3.05) is 16.8 Å². The highest BCUT2D eigenvalue weighted by atomic mass is 32.1. The Balaban J connectivity index is 2.29. The predicted molar refractivity (Wildman–Crippen MR) is 75.2 cm³/mol. The van der Waals surface area contributed by atoms with Gasteiger partial charge in [-0.05, 0) is 24.6 Å². The van der Waals surface area contributed by atoms with Crippen molar-refractivity contribution < 1.29 is 9.59 Å². The van der Waals surface area contributed by atoms with Crippen LogP contribution in [-0.2, 0) is 9.59 Å². The lowest BCUT2D eigenvalue weighted by Crippen LogP contribution is -2.24. The highest BCUT2D eigenvalue weighted by Crippen LogP contribution is 2.28. The molecular weight excluding hydrogens is 248 g/mol. The molecule has 1 aromatic rings. The number of anilines is 2. The van der Waals surface area contributed by atoms with E-state index in [9.17, 15) is 9.59 Å². The minimum atomic E-state index is -0.116. The Labute approximate surface area is 112 Å². The van der Waals surface area contributed by atoms with Crippen molar-refractivity contribution in [3.8, 4) is 0 Å². The Morgan fingerprint density at radius 2 is 2.22 bits per heavy atom. The van der Waals surface area contributed by atoms with E-state index in [4.69, 9.17) is 0 Å². The first kappa shape index (κ1) is 13.0. The fourth-order valence-electron chi connectivity index (χ4n) is 2.04.